The number of rotatable bonds is 6. The van der Waals surface area contributed by atoms with Crippen LogP contribution >= 0.6 is 11.3 Å². The quantitative estimate of drug-likeness (QED) is 0.702. The van der Waals surface area contributed by atoms with Gasteiger partial charge in [-0.25, -0.2) is 9.37 Å². The second-order valence-corrected chi connectivity index (χ2v) is 6.42. The number of carboxylic acid groups (broad SMARTS) is 1. The molecule has 1 unspecified atom stereocenters. The second-order valence-electron chi connectivity index (χ2n) is 5.49. The van der Waals surface area contributed by atoms with Gasteiger partial charge in [-0.05, 0) is 23.3 Å². The number of benzene rings is 2. The average molecular weight is 357 g/mol. The molecule has 0 aliphatic carbocycles. The molecule has 1 aromatic heterocycles. The molecular weight excluding hydrogens is 341 g/mol. The van der Waals surface area contributed by atoms with Gasteiger partial charge in [0.2, 0.25) is 0 Å². The van der Waals surface area contributed by atoms with Crippen molar-refractivity contribution in [2.24, 2.45) is 0 Å². The van der Waals surface area contributed by atoms with E-state index in [0.717, 1.165) is 21.7 Å². The predicted octanol–water partition coefficient (Wildman–Crippen LogP) is 4.56. The number of halogens is 1. The summed E-state index contributed by atoms with van der Waals surface area (Å²) < 4.78 is 18.7. The number of hydrogen-bond acceptors (Lipinski definition) is 4. The van der Waals surface area contributed by atoms with E-state index in [-0.39, 0.29) is 18.2 Å². The zero-order chi connectivity index (χ0) is 17.8. The molecule has 3 rings (SSSR count). The molecule has 0 bridgehead atoms. The highest BCUT2D eigenvalue weighted by molar-refractivity contribution is 7.09. The molecule has 0 aliphatic rings. The van der Waals surface area contributed by atoms with Crippen molar-refractivity contribution in [3.63, 3.8) is 0 Å². The highest BCUT2D eigenvalue weighted by Gasteiger charge is 2.21. The number of methoxy groups -OCH3 is 1. The van der Waals surface area contributed by atoms with Crippen molar-refractivity contribution in [2.75, 3.05) is 7.11 Å². The van der Waals surface area contributed by atoms with Crippen LogP contribution in [0, 0.1) is 5.82 Å². The van der Waals surface area contributed by atoms with Gasteiger partial charge in [0.1, 0.15) is 16.6 Å². The molecule has 2 aromatic carbocycles. The smallest absolute Gasteiger partial charge is 0.304 e. The Kier molecular flexibility index (Phi) is 5.09. The largest absolute Gasteiger partial charge is 0.496 e. The highest BCUT2D eigenvalue weighted by atomic mass is 32.1. The summed E-state index contributed by atoms with van der Waals surface area (Å²) in [6.45, 7) is 0. The van der Waals surface area contributed by atoms with E-state index in [1.807, 2.05) is 29.6 Å². The molecule has 0 amide bonds. The third kappa shape index (κ3) is 3.85. The fraction of sp³-hybridized carbons (Fsp3) is 0.158. The van der Waals surface area contributed by atoms with E-state index in [1.165, 1.54) is 30.6 Å². The molecule has 6 heteroatoms. The molecule has 0 radical (unpaired) electrons. The van der Waals surface area contributed by atoms with Gasteiger partial charge in [0.15, 0.2) is 0 Å². The third-order valence-corrected chi connectivity index (χ3v) is 4.78. The van der Waals surface area contributed by atoms with Crippen LogP contribution in [0.5, 0.6) is 5.75 Å². The Bertz CT molecular complexity index is 880. The number of aliphatic carboxylic acids is 1. The van der Waals surface area contributed by atoms with Gasteiger partial charge in [-0.3, -0.25) is 4.79 Å². The Morgan fingerprint density at radius 2 is 2.16 bits per heavy atom. The van der Waals surface area contributed by atoms with Gasteiger partial charge < -0.3 is 9.84 Å². The maximum absolute atomic E-state index is 13.4. The molecule has 25 heavy (non-hydrogen) atoms. The van der Waals surface area contributed by atoms with Gasteiger partial charge in [0.25, 0.3) is 0 Å². The van der Waals surface area contributed by atoms with Crippen LogP contribution in [0.25, 0.3) is 11.1 Å². The summed E-state index contributed by atoms with van der Waals surface area (Å²) in [5.74, 6) is -1.15. The fourth-order valence-electron chi connectivity index (χ4n) is 2.76. The van der Waals surface area contributed by atoms with Gasteiger partial charge >= 0.3 is 5.97 Å². The first-order valence-corrected chi connectivity index (χ1v) is 8.51. The zero-order valence-electron chi connectivity index (χ0n) is 13.5. The summed E-state index contributed by atoms with van der Waals surface area (Å²) in [7, 11) is 1.49. The van der Waals surface area contributed by atoms with Crippen LogP contribution in [-0.2, 0) is 4.79 Å². The van der Waals surface area contributed by atoms with Crippen LogP contribution in [0.3, 0.4) is 0 Å². The summed E-state index contributed by atoms with van der Waals surface area (Å²) in [6.07, 6.45) is 1.62. The average Bonchev–Trinajstić information content (AvgIpc) is 3.13. The van der Waals surface area contributed by atoms with Crippen molar-refractivity contribution in [1.82, 2.24) is 4.98 Å². The molecule has 128 valence electrons. The number of ether oxygens (including phenoxy) is 1. The minimum absolute atomic E-state index is 0.0441. The lowest BCUT2D eigenvalue weighted by atomic mass is 9.93. The fourth-order valence-corrected chi connectivity index (χ4v) is 3.52. The summed E-state index contributed by atoms with van der Waals surface area (Å²) in [6, 6.07) is 11.9. The number of thiazole rings is 1. The number of aromatic nitrogens is 1. The molecule has 1 atom stereocenters. The van der Waals surface area contributed by atoms with Crippen molar-refractivity contribution >= 4 is 17.3 Å². The SMILES string of the molecule is COc1cc(F)ccc1-c1cccc(C(CC(=O)O)c2nccs2)c1. The summed E-state index contributed by atoms with van der Waals surface area (Å²) in [4.78, 5) is 15.6. The van der Waals surface area contributed by atoms with Crippen molar-refractivity contribution in [1.29, 1.82) is 0 Å². The molecule has 3 aromatic rings. The molecule has 0 fully saturated rings. The number of hydrogen-bond donors (Lipinski definition) is 1. The van der Waals surface area contributed by atoms with Crippen LogP contribution in [0.2, 0.25) is 0 Å². The zero-order valence-corrected chi connectivity index (χ0v) is 14.3. The lowest BCUT2D eigenvalue weighted by Crippen LogP contribution is -2.08. The van der Waals surface area contributed by atoms with Crippen molar-refractivity contribution in [3.8, 4) is 16.9 Å². The Morgan fingerprint density at radius 1 is 1.32 bits per heavy atom. The predicted molar refractivity (Wildman–Crippen MR) is 94.6 cm³/mol. The minimum atomic E-state index is -0.884. The summed E-state index contributed by atoms with van der Waals surface area (Å²) in [5.41, 5.74) is 2.43. The Hall–Kier alpha value is -2.73. The molecule has 1 N–H and O–H groups in total. The molecule has 0 spiro atoms. The van der Waals surface area contributed by atoms with E-state index in [1.54, 1.807) is 12.3 Å². The van der Waals surface area contributed by atoms with E-state index in [0.29, 0.717) is 5.75 Å². The second kappa shape index (κ2) is 7.44. The van der Waals surface area contributed by atoms with Crippen LogP contribution in [0.1, 0.15) is 22.9 Å². The van der Waals surface area contributed by atoms with Crippen molar-refractivity contribution in [3.05, 3.63) is 70.4 Å². The van der Waals surface area contributed by atoms with Crippen LogP contribution < -0.4 is 4.74 Å². The van der Waals surface area contributed by atoms with Gasteiger partial charge in [-0.1, -0.05) is 24.3 Å². The number of carbonyl (C=O) groups is 1. The van der Waals surface area contributed by atoms with Gasteiger partial charge in [0, 0.05) is 29.1 Å². The normalized spacial score (nSPS) is 11.9. The standard InChI is InChI=1S/C19H16FNO3S/c1-24-17-10-14(20)5-6-15(17)12-3-2-4-13(9-12)16(11-18(22)23)19-21-7-8-25-19/h2-10,16H,11H2,1H3,(H,22,23). The Morgan fingerprint density at radius 3 is 2.84 bits per heavy atom. The summed E-state index contributed by atoms with van der Waals surface area (Å²) in [5, 5.41) is 11.8. The molecule has 1 heterocycles. The maximum Gasteiger partial charge on any atom is 0.304 e. The van der Waals surface area contributed by atoms with E-state index in [2.05, 4.69) is 4.98 Å². The Labute approximate surface area is 148 Å². The first-order valence-electron chi connectivity index (χ1n) is 7.63. The van der Waals surface area contributed by atoms with Gasteiger partial charge in [-0.15, -0.1) is 11.3 Å². The summed E-state index contributed by atoms with van der Waals surface area (Å²) >= 11 is 1.43. The maximum atomic E-state index is 13.4. The molecule has 0 aliphatic heterocycles. The van der Waals surface area contributed by atoms with Crippen LogP contribution in [0.4, 0.5) is 4.39 Å². The van der Waals surface area contributed by atoms with Crippen molar-refractivity contribution in [2.45, 2.75) is 12.3 Å². The van der Waals surface area contributed by atoms with E-state index in [4.69, 9.17) is 4.74 Å². The third-order valence-electron chi connectivity index (χ3n) is 3.89. The van der Waals surface area contributed by atoms with Gasteiger partial charge in [-0.2, -0.15) is 0 Å². The first-order chi connectivity index (χ1) is 12.1. The minimum Gasteiger partial charge on any atom is -0.496 e. The number of nitrogens with zero attached hydrogens (tertiary/aromatic N) is 1. The number of carboxylic acids is 1. The Balaban J connectivity index is 2.04. The molecule has 0 saturated heterocycles. The van der Waals surface area contributed by atoms with E-state index < -0.39 is 5.97 Å². The molecular formula is C19H16FNO3S. The van der Waals surface area contributed by atoms with Gasteiger partial charge in [0.05, 0.1) is 13.5 Å². The van der Waals surface area contributed by atoms with E-state index in [9.17, 15) is 14.3 Å². The topological polar surface area (TPSA) is 59.4 Å². The van der Waals surface area contributed by atoms with Crippen LogP contribution in [0.15, 0.2) is 54.0 Å². The lowest BCUT2D eigenvalue weighted by Gasteiger charge is -2.15. The lowest BCUT2D eigenvalue weighted by molar-refractivity contribution is -0.137. The monoisotopic (exact) mass is 357 g/mol. The van der Waals surface area contributed by atoms with Crippen molar-refractivity contribution < 1.29 is 19.0 Å². The highest BCUT2D eigenvalue weighted by Crippen LogP contribution is 2.35. The van der Waals surface area contributed by atoms with Crippen LogP contribution in [-0.4, -0.2) is 23.2 Å². The first kappa shape index (κ1) is 17.1. The molecule has 4 nitrogen and oxygen atoms in total. The van der Waals surface area contributed by atoms with E-state index >= 15 is 0 Å². The molecule has 0 saturated carbocycles.